The topological polar surface area (TPSA) is 15.3 Å². The van der Waals surface area contributed by atoms with Gasteiger partial charge in [-0.25, -0.2) is 8.78 Å². The Labute approximate surface area is 125 Å². The molecule has 120 valence electrons. The summed E-state index contributed by atoms with van der Waals surface area (Å²) in [6, 6.07) is 1.53. The second-order valence-corrected chi connectivity index (χ2v) is 4.65. The van der Waals surface area contributed by atoms with Gasteiger partial charge in [0.05, 0.1) is 11.6 Å². The number of halogens is 6. The van der Waals surface area contributed by atoms with E-state index in [2.05, 4.69) is 5.32 Å². The molecular formula is C13H16ClF5N2. The van der Waals surface area contributed by atoms with Gasteiger partial charge in [0.1, 0.15) is 12.5 Å². The summed E-state index contributed by atoms with van der Waals surface area (Å²) in [7, 11) is 0. The molecule has 1 heterocycles. The maximum atomic E-state index is 13.9. The molecule has 0 spiro atoms. The van der Waals surface area contributed by atoms with Crippen LogP contribution in [0.3, 0.4) is 0 Å². The monoisotopic (exact) mass is 330 g/mol. The zero-order valence-electron chi connectivity index (χ0n) is 11.1. The Morgan fingerprint density at radius 2 is 1.81 bits per heavy atom. The molecule has 0 aromatic heterocycles. The Balaban J connectivity index is 0.00000220. The van der Waals surface area contributed by atoms with E-state index in [1.54, 1.807) is 4.90 Å². The van der Waals surface area contributed by atoms with Crippen molar-refractivity contribution in [1.82, 2.24) is 10.2 Å². The van der Waals surface area contributed by atoms with Crippen LogP contribution in [-0.4, -0.2) is 37.8 Å². The lowest BCUT2D eigenvalue weighted by atomic mass is 9.98. The number of piperazine rings is 1. The summed E-state index contributed by atoms with van der Waals surface area (Å²) < 4.78 is 66.1. The van der Waals surface area contributed by atoms with Crippen LogP contribution < -0.4 is 5.32 Å². The Hall–Kier alpha value is -0.920. The van der Waals surface area contributed by atoms with Crippen molar-refractivity contribution < 1.29 is 22.0 Å². The molecule has 0 saturated carbocycles. The molecule has 1 fully saturated rings. The summed E-state index contributed by atoms with van der Waals surface area (Å²) in [5, 5.41) is 3.02. The van der Waals surface area contributed by atoms with Gasteiger partial charge in [-0.3, -0.25) is 4.90 Å². The molecule has 1 saturated heterocycles. The van der Waals surface area contributed by atoms with Crippen LogP contribution >= 0.6 is 12.4 Å². The van der Waals surface area contributed by atoms with E-state index in [1.165, 1.54) is 0 Å². The second-order valence-electron chi connectivity index (χ2n) is 4.65. The van der Waals surface area contributed by atoms with Gasteiger partial charge in [-0.1, -0.05) is 6.07 Å². The molecule has 2 nitrogen and oxygen atoms in total. The molecule has 0 aliphatic carbocycles. The van der Waals surface area contributed by atoms with Crippen LogP contribution in [0.1, 0.15) is 17.2 Å². The number of rotatable bonds is 3. The highest BCUT2D eigenvalue weighted by molar-refractivity contribution is 5.85. The first-order valence-electron chi connectivity index (χ1n) is 6.31. The van der Waals surface area contributed by atoms with Gasteiger partial charge in [0, 0.05) is 31.7 Å². The number of benzene rings is 1. The van der Waals surface area contributed by atoms with Crippen LogP contribution in [0.15, 0.2) is 18.2 Å². The molecule has 8 heteroatoms. The van der Waals surface area contributed by atoms with Crippen molar-refractivity contribution >= 4 is 12.4 Å². The van der Waals surface area contributed by atoms with Crippen molar-refractivity contribution in [3.05, 3.63) is 35.1 Å². The Morgan fingerprint density at radius 3 is 2.33 bits per heavy atom. The van der Waals surface area contributed by atoms with Gasteiger partial charge in [-0.2, -0.15) is 13.2 Å². The van der Waals surface area contributed by atoms with Crippen molar-refractivity contribution in [3.8, 4) is 0 Å². The van der Waals surface area contributed by atoms with E-state index in [1.807, 2.05) is 0 Å². The van der Waals surface area contributed by atoms with E-state index in [9.17, 15) is 22.0 Å². The predicted octanol–water partition coefficient (Wildman–Crippen LogP) is 3.18. The van der Waals surface area contributed by atoms with Gasteiger partial charge < -0.3 is 5.32 Å². The molecule has 2 rings (SSSR count). The molecule has 1 N–H and O–H groups in total. The molecule has 0 radical (unpaired) electrons. The third-order valence-electron chi connectivity index (χ3n) is 3.43. The maximum absolute atomic E-state index is 13.9. The highest BCUT2D eigenvalue weighted by Gasteiger charge is 2.38. The van der Waals surface area contributed by atoms with Crippen LogP contribution in [0, 0.1) is 5.82 Å². The minimum atomic E-state index is -4.70. The average Bonchev–Trinajstić information content (AvgIpc) is 2.41. The molecular weight excluding hydrogens is 315 g/mol. The second kappa shape index (κ2) is 7.38. The van der Waals surface area contributed by atoms with Crippen molar-refractivity contribution in [2.75, 3.05) is 32.9 Å². The molecule has 1 atom stereocenters. The van der Waals surface area contributed by atoms with E-state index >= 15 is 0 Å². The molecule has 1 aliphatic rings. The first-order valence-corrected chi connectivity index (χ1v) is 6.31. The van der Waals surface area contributed by atoms with E-state index in [-0.39, 0.29) is 12.4 Å². The lowest BCUT2D eigenvalue weighted by molar-refractivity contribution is -0.139. The van der Waals surface area contributed by atoms with Crippen molar-refractivity contribution in [3.63, 3.8) is 0 Å². The number of nitrogens with one attached hydrogen (secondary N) is 1. The fourth-order valence-electron chi connectivity index (χ4n) is 2.47. The van der Waals surface area contributed by atoms with Crippen molar-refractivity contribution in [2.24, 2.45) is 0 Å². The summed E-state index contributed by atoms with van der Waals surface area (Å²) in [4.78, 5) is 1.55. The highest BCUT2D eigenvalue weighted by atomic mass is 35.5. The average molecular weight is 331 g/mol. The molecule has 1 aromatic rings. The van der Waals surface area contributed by atoms with E-state index in [4.69, 9.17) is 0 Å². The number of hydrogen-bond donors (Lipinski definition) is 1. The predicted molar refractivity (Wildman–Crippen MR) is 71.8 cm³/mol. The lowest BCUT2D eigenvalue weighted by Gasteiger charge is -2.34. The first-order chi connectivity index (χ1) is 9.45. The smallest absolute Gasteiger partial charge is 0.314 e. The largest absolute Gasteiger partial charge is 0.416 e. The molecule has 21 heavy (non-hydrogen) atoms. The number of alkyl halides is 4. The van der Waals surface area contributed by atoms with Crippen LogP contribution in [-0.2, 0) is 6.18 Å². The van der Waals surface area contributed by atoms with Gasteiger partial charge in [-0.05, 0) is 12.1 Å². The third kappa shape index (κ3) is 4.05. The first kappa shape index (κ1) is 18.1. The van der Waals surface area contributed by atoms with Gasteiger partial charge in [-0.15, -0.1) is 12.4 Å². The van der Waals surface area contributed by atoms with Crippen LogP contribution in [0.2, 0.25) is 0 Å². The molecule has 0 bridgehead atoms. The van der Waals surface area contributed by atoms with Gasteiger partial charge in [0.15, 0.2) is 0 Å². The van der Waals surface area contributed by atoms with Crippen LogP contribution in [0.4, 0.5) is 22.0 Å². The van der Waals surface area contributed by atoms with Gasteiger partial charge in [0.2, 0.25) is 0 Å². The Morgan fingerprint density at radius 1 is 1.19 bits per heavy atom. The lowest BCUT2D eigenvalue weighted by Crippen LogP contribution is -2.46. The number of nitrogens with zero attached hydrogens (tertiary/aromatic N) is 1. The van der Waals surface area contributed by atoms with E-state index in [0.717, 1.165) is 18.2 Å². The molecule has 1 aliphatic heterocycles. The minimum Gasteiger partial charge on any atom is -0.314 e. The van der Waals surface area contributed by atoms with Crippen LogP contribution in [0.25, 0.3) is 0 Å². The normalized spacial score (nSPS) is 18.1. The van der Waals surface area contributed by atoms with Gasteiger partial charge in [0.25, 0.3) is 0 Å². The zero-order chi connectivity index (χ0) is 14.8. The van der Waals surface area contributed by atoms with Crippen molar-refractivity contribution in [2.45, 2.75) is 12.2 Å². The quantitative estimate of drug-likeness (QED) is 0.856. The summed E-state index contributed by atoms with van der Waals surface area (Å²) in [5.41, 5.74) is -1.69. The summed E-state index contributed by atoms with van der Waals surface area (Å²) >= 11 is 0. The van der Waals surface area contributed by atoms with E-state index < -0.39 is 35.8 Å². The van der Waals surface area contributed by atoms with E-state index in [0.29, 0.717) is 26.2 Å². The summed E-state index contributed by atoms with van der Waals surface area (Å²) in [6.07, 6.45) is -4.70. The standard InChI is InChI=1S/C13H15F5N2.ClH/c14-8-11(20-6-4-19-5-7-20)12-9(13(16,17)18)2-1-3-10(12)15;/h1-3,11,19H,4-8H2;1H/t11-;/m0./s1. The maximum Gasteiger partial charge on any atom is 0.416 e. The summed E-state index contributed by atoms with van der Waals surface area (Å²) in [5.74, 6) is -1.01. The Bertz CT molecular complexity index is 460. The molecule has 0 amide bonds. The SMILES string of the molecule is Cl.FC[C@@H](c1c(F)cccc1C(F)(F)F)N1CCNCC1. The highest BCUT2D eigenvalue weighted by Crippen LogP contribution is 2.37. The third-order valence-corrected chi connectivity index (χ3v) is 3.43. The summed E-state index contributed by atoms with van der Waals surface area (Å²) in [6.45, 7) is 0.822. The fourth-order valence-corrected chi connectivity index (χ4v) is 2.47. The molecule has 1 aromatic carbocycles. The zero-order valence-corrected chi connectivity index (χ0v) is 11.9. The number of hydrogen-bond acceptors (Lipinski definition) is 2. The minimum absolute atomic E-state index is 0. The van der Waals surface area contributed by atoms with Gasteiger partial charge >= 0.3 is 6.18 Å². The van der Waals surface area contributed by atoms with Crippen molar-refractivity contribution in [1.29, 1.82) is 0 Å². The fraction of sp³-hybridized carbons (Fsp3) is 0.538. The Kier molecular flexibility index (Phi) is 6.37. The van der Waals surface area contributed by atoms with Crippen LogP contribution in [0.5, 0.6) is 0 Å². The molecule has 0 unspecified atom stereocenters.